The van der Waals surface area contributed by atoms with E-state index in [9.17, 15) is 4.79 Å². The second kappa shape index (κ2) is 4.00. The highest BCUT2D eigenvalue weighted by Crippen LogP contribution is 2.35. The first-order chi connectivity index (χ1) is 8.24. The second-order valence-electron chi connectivity index (χ2n) is 4.20. The lowest BCUT2D eigenvalue weighted by atomic mass is 10.4. The highest BCUT2D eigenvalue weighted by molar-refractivity contribution is 6.29. The summed E-state index contributed by atoms with van der Waals surface area (Å²) in [4.78, 5) is 19.7. The molecule has 0 atom stereocenters. The van der Waals surface area contributed by atoms with Crippen molar-refractivity contribution < 1.29 is 0 Å². The largest absolute Gasteiger partial charge is 0.330 e. The number of nitrogens with zero attached hydrogens (tertiary/aromatic N) is 4. The quantitative estimate of drug-likeness (QED) is 0.776. The summed E-state index contributed by atoms with van der Waals surface area (Å²) in [6, 6.07) is 1.88. The van der Waals surface area contributed by atoms with Gasteiger partial charge in [0.2, 0.25) is 0 Å². The number of halogens is 1. The number of imidazole rings is 1. The number of hydrogen-bond acceptors (Lipinski definition) is 3. The summed E-state index contributed by atoms with van der Waals surface area (Å²) in [5.41, 5.74) is 0.882. The van der Waals surface area contributed by atoms with Gasteiger partial charge in [-0.05, 0) is 12.8 Å². The van der Waals surface area contributed by atoms with Gasteiger partial charge in [-0.1, -0.05) is 11.6 Å². The molecular formula is C11H11ClN4O. The minimum atomic E-state index is -0.145. The Morgan fingerprint density at radius 2 is 2.24 bits per heavy atom. The van der Waals surface area contributed by atoms with Crippen LogP contribution < -0.4 is 5.56 Å². The third kappa shape index (κ3) is 2.10. The lowest BCUT2D eigenvalue weighted by molar-refractivity contribution is 0.638. The first kappa shape index (κ1) is 10.5. The third-order valence-electron chi connectivity index (χ3n) is 2.86. The maximum atomic E-state index is 11.7. The van der Waals surface area contributed by atoms with Crippen LogP contribution in [0, 0.1) is 0 Å². The Morgan fingerprint density at radius 3 is 2.94 bits per heavy atom. The van der Waals surface area contributed by atoms with Crippen molar-refractivity contribution in [3.05, 3.63) is 46.1 Å². The van der Waals surface area contributed by atoms with Crippen LogP contribution in [0.25, 0.3) is 0 Å². The average molecular weight is 251 g/mol. The van der Waals surface area contributed by atoms with Crippen LogP contribution in [-0.2, 0) is 6.54 Å². The summed E-state index contributed by atoms with van der Waals surface area (Å²) in [7, 11) is 0. The van der Waals surface area contributed by atoms with Gasteiger partial charge in [-0.15, -0.1) is 0 Å². The molecule has 5 nitrogen and oxygen atoms in total. The smallest absolute Gasteiger partial charge is 0.255 e. The van der Waals surface area contributed by atoms with E-state index >= 15 is 0 Å². The van der Waals surface area contributed by atoms with Gasteiger partial charge in [0, 0.05) is 18.3 Å². The van der Waals surface area contributed by atoms with Gasteiger partial charge < -0.3 is 4.57 Å². The van der Waals surface area contributed by atoms with Crippen molar-refractivity contribution in [2.75, 3.05) is 0 Å². The van der Waals surface area contributed by atoms with E-state index < -0.39 is 0 Å². The summed E-state index contributed by atoms with van der Waals surface area (Å²) in [6.07, 6.45) is 7.46. The Morgan fingerprint density at radius 1 is 1.41 bits per heavy atom. The Kier molecular flexibility index (Phi) is 2.48. The summed E-state index contributed by atoms with van der Waals surface area (Å²) in [5.74, 6) is 0. The van der Waals surface area contributed by atoms with Gasteiger partial charge >= 0.3 is 0 Å². The fourth-order valence-electron chi connectivity index (χ4n) is 1.83. The number of aromatic nitrogens is 4. The van der Waals surface area contributed by atoms with Crippen LogP contribution in [0.3, 0.4) is 0 Å². The summed E-state index contributed by atoms with van der Waals surface area (Å²) in [6.45, 7) is 0.486. The molecular weight excluding hydrogens is 240 g/mol. The predicted octanol–water partition coefficient (Wildman–Crippen LogP) is 1.48. The normalized spacial score (nSPS) is 15.1. The Balaban J connectivity index is 1.91. The van der Waals surface area contributed by atoms with Crippen LogP contribution in [0.1, 0.15) is 24.6 Å². The molecule has 2 aromatic rings. The SMILES string of the molecule is O=c1cc(Cl)ncn1Cc1cncn1C1CC1. The molecule has 17 heavy (non-hydrogen) atoms. The molecule has 0 aliphatic heterocycles. The highest BCUT2D eigenvalue weighted by atomic mass is 35.5. The Labute approximate surface area is 103 Å². The standard InChI is InChI=1S/C11H11ClN4O/c12-10-3-11(17)15(7-14-10)5-9-4-13-6-16(9)8-1-2-8/h3-4,6-8H,1-2,5H2. The molecule has 0 spiro atoms. The topological polar surface area (TPSA) is 52.7 Å². The number of hydrogen-bond donors (Lipinski definition) is 0. The van der Waals surface area contributed by atoms with Crippen molar-refractivity contribution >= 4 is 11.6 Å². The van der Waals surface area contributed by atoms with E-state index in [1.165, 1.54) is 29.8 Å². The Hall–Kier alpha value is -1.62. The van der Waals surface area contributed by atoms with Crippen LogP contribution in [0.2, 0.25) is 5.15 Å². The summed E-state index contributed by atoms with van der Waals surface area (Å²) < 4.78 is 3.66. The molecule has 1 aliphatic carbocycles. The minimum absolute atomic E-state index is 0.145. The van der Waals surface area contributed by atoms with E-state index in [2.05, 4.69) is 14.5 Å². The maximum absolute atomic E-state index is 11.7. The molecule has 0 unspecified atom stereocenters. The van der Waals surface area contributed by atoms with Crippen LogP contribution in [0.4, 0.5) is 0 Å². The molecule has 0 N–H and O–H groups in total. The van der Waals surface area contributed by atoms with Crippen LogP contribution in [0.5, 0.6) is 0 Å². The van der Waals surface area contributed by atoms with Gasteiger partial charge in [-0.2, -0.15) is 0 Å². The zero-order chi connectivity index (χ0) is 11.8. The fourth-order valence-corrected chi connectivity index (χ4v) is 1.97. The first-order valence-electron chi connectivity index (χ1n) is 5.47. The lowest BCUT2D eigenvalue weighted by Gasteiger charge is -2.08. The molecule has 0 saturated heterocycles. The van der Waals surface area contributed by atoms with Gasteiger partial charge in [0.1, 0.15) is 5.15 Å². The molecule has 3 rings (SSSR count). The fraction of sp³-hybridized carbons (Fsp3) is 0.364. The van der Waals surface area contributed by atoms with Crippen molar-refractivity contribution in [2.45, 2.75) is 25.4 Å². The summed E-state index contributed by atoms with van der Waals surface area (Å²) in [5, 5.41) is 0.224. The molecule has 1 saturated carbocycles. The van der Waals surface area contributed by atoms with Gasteiger partial charge in [0.25, 0.3) is 5.56 Å². The van der Waals surface area contributed by atoms with Crippen LogP contribution in [-0.4, -0.2) is 19.1 Å². The van der Waals surface area contributed by atoms with E-state index in [0.717, 1.165) is 5.69 Å². The molecule has 0 radical (unpaired) electrons. The highest BCUT2D eigenvalue weighted by Gasteiger charge is 2.25. The van der Waals surface area contributed by atoms with Gasteiger partial charge in [-0.25, -0.2) is 9.97 Å². The van der Waals surface area contributed by atoms with Crippen molar-refractivity contribution in [1.82, 2.24) is 19.1 Å². The third-order valence-corrected chi connectivity index (χ3v) is 3.07. The van der Waals surface area contributed by atoms with Crippen molar-refractivity contribution in [3.63, 3.8) is 0 Å². The zero-order valence-corrected chi connectivity index (χ0v) is 9.84. The Bertz CT molecular complexity index is 600. The van der Waals surface area contributed by atoms with E-state index in [4.69, 9.17) is 11.6 Å². The van der Waals surface area contributed by atoms with Crippen LogP contribution in [0.15, 0.2) is 29.7 Å². The summed E-state index contributed by atoms with van der Waals surface area (Å²) >= 11 is 5.65. The molecule has 0 amide bonds. The molecule has 0 aromatic carbocycles. The van der Waals surface area contributed by atoms with Gasteiger partial charge in [-0.3, -0.25) is 9.36 Å². The maximum Gasteiger partial charge on any atom is 0.255 e. The van der Waals surface area contributed by atoms with E-state index in [0.29, 0.717) is 12.6 Å². The molecule has 0 bridgehead atoms. The van der Waals surface area contributed by atoms with E-state index in [-0.39, 0.29) is 10.7 Å². The molecule has 1 fully saturated rings. The van der Waals surface area contributed by atoms with Crippen LogP contribution >= 0.6 is 11.6 Å². The average Bonchev–Trinajstić information content (AvgIpc) is 3.03. The lowest BCUT2D eigenvalue weighted by Crippen LogP contribution is -2.21. The molecule has 6 heteroatoms. The second-order valence-corrected chi connectivity index (χ2v) is 4.59. The monoisotopic (exact) mass is 250 g/mol. The van der Waals surface area contributed by atoms with Crippen molar-refractivity contribution in [1.29, 1.82) is 0 Å². The molecule has 2 heterocycles. The van der Waals surface area contributed by atoms with Gasteiger partial charge in [0.15, 0.2) is 0 Å². The predicted molar refractivity (Wildman–Crippen MR) is 63.1 cm³/mol. The molecule has 88 valence electrons. The number of rotatable bonds is 3. The zero-order valence-electron chi connectivity index (χ0n) is 9.08. The van der Waals surface area contributed by atoms with Crippen molar-refractivity contribution in [2.24, 2.45) is 0 Å². The molecule has 2 aromatic heterocycles. The van der Waals surface area contributed by atoms with Gasteiger partial charge in [0.05, 0.1) is 24.9 Å². The van der Waals surface area contributed by atoms with E-state index in [1.54, 1.807) is 6.20 Å². The molecule has 1 aliphatic rings. The van der Waals surface area contributed by atoms with Crippen molar-refractivity contribution in [3.8, 4) is 0 Å². The minimum Gasteiger partial charge on any atom is -0.330 e. The van der Waals surface area contributed by atoms with E-state index in [1.807, 2.05) is 6.33 Å². The first-order valence-corrected chi connectivity index (χ1v) is 5.84.